The molecule has 6 nitrogen and oxygen atoms in total. The molecule has 0 saturated carbocycles. The molecule has 0 radical (unpaired) electrons. The normalized spacial score (nSPS) is 12.9. The van der Waals surface area contributed by atoms with Crippen LogP contribution in [0.1, 0.15) is 19.4 Å². The topological polar surface area (TPSA) is 81.7 Å². The summed E-state index contributed by atoms with van der Waals surface area (Å²) in [7, 11) is -3.87. The molecule has 1 amide bonds. The average Bonchev–Trinajstić information content (AvgIpc) is 2.43. The molecule has 1 N–H and O–H groups in total. The molecule has 1 aromatic rings. The van der Waals surface area contributed by atoms with E-state index in [4.69, 9.17) is 9.47 Å². The molecule has 0 bridgehead atoms. The van der Waals surface area contributed by atoms with Crippen LogP contribution in [0.5, 0.6) is 0 Å². The van der Waals surface area contributed by atoms with Crippen molar-refractivity contribution >= 4 is 15.9 Å². The fourth-order valence-corrected chi connectivity index (χ4v) is 2.71. The average molecular weight is 315 g/mol. The Bertz CT molecular complexity index is 570. The van der Waals surface area contributed by atoms with E-state index in [0.717, 1.165) is 5.56 Å². The van der Waals surface area contributed by atoms with Crippen molar-refractivity contribution in [2.75, 3.05) is 19.8 Å². The van der Waals surface area contributed by atoms with Gasteiger partial charge in [-0.3, -0.25) is 4.79 Å². The number of nitrogens with one attached hydrogen (secondary N) is 1. The van der Waals surface area contributed by atoms with Crippen molar-refractivity contribution in [3.8, 4) is 0 Å². The first-order valence-electron chi connectivity index (χ1n) is 6.69. The van der Waals surface area contributed by atoms with Crippen LogP contribution < -0.4 is 4.72 Å². The van der Waals surface area contributed by atoms with Gasteiger partial charge in [0.1, 0.15) is 6.10 Å². The Morgan fingerprint density at radius 2 is 2.05 bits per heavy atom. The van der Waals surface area contributed by atoms with E-state index in [2.05, 4.69) is 0 Å². The third kappa shape index (κ3) is 5.82. The molecular weight excluding hydrogens is 294 g/mol. The van der Waals surface area contributed by atoms with Gasteiger partial charge in [0.2, 0.25) is 0 Å². The molecular formula is C14H21NO5S. The maximum Gasteiger partial charge on any atom is 0.264 e. The quantitative estimate of drug-likeness (QED) is 0.730. The second-order valence-corrected chi connectivity index (χ2v) is 6.18. The number of carbonyl (C=O) groups is 1. The van der Waals surface area contributed by atoms with Gasteiger partial charge in [-0.15, -0.1) is 0 Å². The van der Waals surface area contributed by atoms with Crippen LogP contribution in [0.25, 0.3) is 0 Å². The molecule has 21 heavy (non-hydrogen) atoms. The molecule has 0 aliphatic carbocycles. The highest BCUT2D eigenvalue weighted by molar-refractivity contribution is 7.90. The summed E-state index contributed by atoms with van der Waals surface area (Å²) in [5.41, 5.74) is 0.798. The summed E-state index contributed by atoms with van der Waals surface area (Å²) in [6.45, 7) is 6.27. The Balaban J connectivity index is 2.60. The third-order valence-corrected chi connectivity index (χ3v) is 4.05. The summed E-state index contributed by atoms with van der Waals surface area (Å²) >= 11 is 0. The zero-order valence-electron chi connectivity index (χ0n) is 12.5. The minimum Gasteiger partial charge on any atom is -0.379 e. The lowest BCUT2D eigenvalue weighted by molar-refractivity contribution is -0.130. The summed E-state index contributed by atoms with van der Waals surface area (Å²) in [5.74, 6) is -0.701. The minimum atomic E-state index is -3.87. The molecule has 0 aliphatic heterocycles. The van der Waals surface area contributed by atoms with E-state index in [1.54, 1.807) is 19.1 Å². The lowest BCUT2D eigenvalue weighted by Gasteiger charge is -2.13. The fraction of sp³-hybridized carbons (Fsp3) is 0.500. The Morgan fingerprint density at radius 1 is 1.33 bits per heavy atom. The van der Waals surface area contributed by atoms with E-state index in [1.807, 2.05) is 11.6 Å². The molecule has 1 atom stereocenters. The van der Waals surface area contributed by atoms with Gasteiger partial charge in [0, 0.05) is 6.61 Å². The van der Waals surface area contributed by atoms with Crippen LogP contribution in [-0.4, -0.2) is 40.2 Å². The first-order chi connectivity index (χ1) is 9.86. The van der Waals surface area contributed by atoms with Crippen LogP contribution in [0, 0.1) is 6.92 Å². The highest BCUT2D eigenvalue weighted by Gasteiger charge is 2.22. The second kappa shape index (κ2) is 8.11. The van der Waals surface area contributed by atoms with Gasteiger partial charge in [0.25, 0.3) is 15.9 Å². The van der Waals surface area contributed by atoms with E-state index in [1.165, 1.54) is 19.1 Å². The van der Waals surface area contributed by atoms with Crippen molar-refractivity contribution < 1.29 is 22.7 Å². The molecule has 0 aromatic heterocycles. The number of hydrogen-bond donors (Lipinski definition) is 1. The van der Waals surface area contributed by atoms with Gasteiger partial charge < -0.3 is 9.47 Å². The highest BCUT2D eigenvalue weighted by atomic mass is 32.2. The Morgan fingerprint density at radius 3 is 2.67 bits per heavy atom. The van der Waals surface area contributed by atoms with E-state index >= 15 is 0 Å². The van der Waals surface area contributed by atoms with E-state index in [9.17, 15) is 13.2 Å². The zero-order valence-corrected chi connectivity index (χ0v) is 13.3. The van der Waals surface area contributed by atoms with Gasteiger partial charge in [-0.25, -0.2) is 13.1 Å². The molecule has 118 valence electrons. The first-order valence-corrected chi connectivity index (χ1v) is 8.18. The lowest BCUT2D eigenvalue weighted by Crippen LogP contribution is -2.39. The summed E-state index contributed by atoms with van der Waals surface area (Å²) in [6.07, 6.45) is -0.870. The number of hydrogen-bond acceptors (Lipinski definition) is 5. The van der Waals surface area contributed by atoms with Crippen molar-refractivity contribution in [1.82, 2.24) is 4.72 Å². The van der Waals surface area contributed by atoms with Gasteiger partial charge >= 0.3 is 0 Å². The Labute approximate surface area is 125 Å². The molecule has 0 aliphatic rings. The van der Waals surface area contributed by atoms with Crippen LogP contribution >= 0.6 is 0 Å². The van der Waals surface area contributed by atoms with E-state index in [0.29, 0.717) is 13.2 Å². The number of ether oxygens (including phenoxy) is 2. The molecule has 0 fully saturated rings. The largest absolute Gasteiger partial charge is 0.379 e. The Hall–Kier alpha value is -1.44. The number of amides is 1. The van der Waals surface area contributed by atoms with Crippen molar-refractivity contribution in [2.24, 2.45) is 0 Å². The molecule has 0 heterocycles. The molecule has 1 aromatic carbocycles. The maximum atomic E-state index is 12.1. The summed E-state index contributed by atoms with van der Waals surface area (Å²) in [4.78, 5) is 11.9. The summed E-state index contributed by atoms with van der Waals surface area (Å²) in [5, 5.41) is 0. The first kappa shape index (κ1) is 17.6. The SMILES string of the molecule is CCOCCOC(C)C(=O)NS(=O)(=O)c1cccc(C)c1. The van der Waals surface area contributed by atoms with Crippen LogP contribution in [-0.2, 0) is 24.3 Å². The van der Waals surface area contributed by atoms with Gasteiger partial charge in [-0.1, -0.05) is 12.1 Å². The van der Waals surface area contributed by atoms with Crippen molar-refractivity contribution in [3.63, 3.8) is 0 Å². The summed E-state index contributed by atoms with van der Waals surface area (Å²) < 4.78 is 36.4. The van der Waals surface area contributed by atoms with E-state index in [-0.39, 0.29) is 11.5 Å². The van der Waals surface area contributed by atoms with Crippen LogP contribution in [0.2, 0.25) is 0 Å². The predicted molar refractivity (Wildman–Crippen MR) is 78.4 cm³/mol. The highest BCUT2D eigenvalue weighted by Crippen LogP contribution is 2.10. The van der Waals surface area contributed by atoms with Crippen molar-refractivity contribution in [2.45, 2.75) is 31.8 Å². The second-order valence-electron chi connectivity index (χ2n) is 4.50. The number of carbonyl (C=O) groups excluding carboxylic acids is 1. The van der Waals surface area contributed by atoms with Crippen molar-refractivity contribution in [1.29, 1.82) is 0 Å². The standard InChI is InChI=1S/C14H21NO5S/c1-4-19-8-9-20-12(3)14(16)15-21(17,18)13-7-5-6-11(2)10-13/h5-7,10,12H,4,8-9H2,1-3H3,(H,15,16). The smallest absolute Gasteiger partial charge is 0.264 e. The number of sulfonamides is 1. The van der Waals surface area contributed by atoms with Gasteiger partial charge in [-0.05, 0) is 38.5 Å². The number of rotatable bonds is 8. The van der Waals surface area contributed by atoms with Gasteiger partial charge in [-0.2, -0.15) is 0 Å². The van der Waals surface area contributed by atoms with Gasteiger partial charge in [0.05, 0.1) is 18.1 Å². The van der Waals surface area contributed by atoms with Crippen LogP contribution in [0.3, 0.4) is 0 Å². The third-order valence-electron chi connectivity index (χ3n) is 2.70. The van der Waals surface area contributed by atoms with Crippen LogP contribution in [0.15, 0.2) is 29.2 Å². The van der Waals surface area contributed by atoms with Crippen molar-refractivity contribution in [3.05, 3.63) is 29.8 Å². The molecule has 1 unspecified atom stereocenters. The van der Waals surface area contributed by atoms with Gasteiger partial charge in [0.15, 0.2) is 0 Å². The molecule has 0 saturated heterocycles. The predicted octanol–water partition coefficient (Wildman–Crippen LogP) is 1.24. The fourth-order valence-electron chi connectivity index (χ4n) is 1.56. The molecule has 1 rings (SSSR count). The Kier molecular flexibility index (Phi) is 6.80. The number of benzene rings is 1. The lowest BCUT2D eigenvalue weighted by atomic mass is 10.2. The number of aryl methyl sites for hydroxylation is 1. The zero-order chi connectivity index (χ0) is 15.9. The molecule has 0 spiro atoms. The summed E-state index contributed by atoms with van der Waals surface area (Å²) in [6, 6.07) is 6.33. The monoisotopic (exact) mass is 315 g/mol. The maximum absolute atomic E-state index is 12.1. The molecule has 7 heteroatoms. The van der Waals surface area contributed by atoms with Crippen LogP contribution in [0.4, 0.5) is 0 Å². The minimum absolute atomic E-state index is 0.0531. The van der Waals surface area contributed by atoms with E-state index < -0.39 is 22.0 Å².